The molecule has 12 nitrogen and oxygen atoms in total. The van der Waals surface area contributed by atoms with E-state index in [9.17, 15) is 31.2 Å². The Morgan fingerprint density at radius 1 is 0.980 bits per heavy atom. The molecule has 7 rings (SSSR count). The van der Waals surface area contributed by atoms with Crippen LogP contribution in [0, 0.1) is 17.5 Å². The highest BCUT2D eigenvalue weighted by atomic mass is 32.2. The Morgan fingerprint density at radius 2 is 1.73 bits per heavy atom. The molecule has 51 heavy (non-hydrogen) atoms. The molecule has 6 aromatic rings. The number of fused-ring (bicyclic) bond motifs is 2. The third kappa shape index (κ3) is 6.18. The number of methoxy groups -OCH3 is 1. The number of hydrogen-bond acceptors (Lipinski definition) is 9. The quantitative estimate of drug-likeness (QED) is 0.177. The molecule has 0 bridgehead atoms. The second kappa shape index (κ2) is 12.7. The summed E-state index contributed by atoms with van der Waals surface area (Å²) >= 11 is 0. The van der Waals surface area contributed by atoms with Crippen molar-refractivity contribution in [3.05, 3.63) is 89.7 Å². The van der Waals surface area contributed by atoms with Gasteiger partial charge in [0.25, 0.3) is 5.91 Å². The second-order valence-electron chi connectivity index (χ2n) is 11.7. The number of carbonyl (C=O) groups excluding carboxylic acids is 2. The monoisotopic (exact) mass is 720 g/mol. The summed E-state index contributed by atoms with van der Waals surface area (Å²) in [4.78, 5) is 29.5. The van der Waals surface area contributed by atoms with Crippen LogP contribution in [0.1, 0.15) is 10.4 Å². The average molecular weight is 721 g/mol. The van der Waals surface area contributed by atoms with E-state index in [1.54, 1.807) is 24.3 Å². The summed E-state index contributed by atoms with van der Waals surface area (Å²) in [6, 6.07) is 14.0. The first kappa shape index (κ1) is 33.5. The number of ether oxygens (including phenoxy) is 2. The number of furan rings is 1. The SMILES string of the molecule is CNC(=O)c1c(-c2ccc(F)cc2)oc2cc(N(CC3COC(=O)N3)S(C)(=O)=O)c(-c3ccc(OC)c(-c4nc5c(F)cc(F)cc5o4)c3)cc12. The van der Waals surface area contributed by atoms with Crippen LogP contribution < -0.4 is 19.7 Å². The maximum absolute atomic E-state index is 14.6. The largest absolute Gasteiger partial charge is 0.496 e. The minimum atomic E-state index is -4.07. The van der Waals surface area contributed by atoms with Crippen LogP contribution in [0.15, 0.2) is 75.6 Å². The van der Waals surface area contributed by atoms with Crippen LogP contribution in [0.25, 0.3) is 56.0 Å². The Labute approximate surface area is 287 Å². The van der Waals surface area contributed by atoms with Gasteiger partial charge in [-0.2, -0.15) is 0 Å². The second-order valence-corrected chi connectivity index (χ2v) is 13.6. The predicted octanol–water partition coefficient (Wildman–Crippen LogP) is 6.23. The third-order valence-electron chi connectivity index (χ3n) is 8.31. The van der Waals surface area contributed by atoms with Crippen molar-refractivity contribution in [2.24, 2.45) is 0 Å². The van der Waals surface area contributed by atoms with Gasteiger partial charge in [-0.3, -0.25) is 9.10 Å². The standard InChI is InChI=1S/C35H27F3N4O8S/c1-39-33(43)30-23-13-22(18-6-9-27(47-2)24(10-18)34-41-31-25(38)11-20(37)12-29(31)50-34)26(42(51(3,45)46)15-21-16-48-35(44)40-21)14-28(23)49-32(30)17-4-7-19(36)8-5-17/h4-14,21H,15-16H2,1-3H3,(H,39,43)(H,40,44). The number of rotatable bonds is 9. The molecule has 1 saturated heterocycles. The minimum absolute atomic E-state index is 0.0933. The van der Waals surface area contributed by atoms with E-state index in [4.69, 9.17) is 18.3 Å². The number of alkyl carbamates (subject to hydrolysis) is 1. The van der Waals surface area contributed by atoms with Gasteiger partial charge in [0.1, 0.15) is 40.9 Å². The van der Waals surface area contributed by atoms with Gasteiger partial charge in [0, 0.05) is 41.8 Å². The number of halogens is 3. The lowest BCUT2D eigenvalue weighted by molar-refractivity contribution is 0.0964. The topological polar surface area (TPSA) is 153 Å². The number of amides is 2. The van der Waals surface area contributed by atoms with E-state index in [1.807, 2.05) is 0 Å². The number of cyclic esters (lactones) is 1. The lowest BCUT2D eigenvalue weighted by Crippen LogP contribution is -2.42. The maximum Gasteiger partial charge on any atom is 0.407 e. The van der Waals surface area contributed by atoms with Crippen LogP contribution in [0.2, 0.25) is 0 Å². The summed E-state index contributed by atoms with van der Waals surface area (Å²) < 4.78 is 93.0. The van der Waals surface area contributed by atoms with Crippen LogP contribution >= 0.6 is 0 Å². The van der Waals surface area contributed by atoms with Crippen LogP contribution in [0.5, 0.6) is 5.75 Å². The van der Waals surface area contributed by atoms with E-state index >= 15 is 0 Å². The molecule has 0 aliphatic carbocycles. The van der Waals surface area contributed by atoms with Gasteiger partial charge in [-0.25, -0.2) is 31.4 Å². The van der Waals surface area contributed by atoms with Crippen molar-refractivity contribution in [2.75, 3.05) is 37.9 Å². The molecule has 1 atom stereocenters. The molecule has 3 heterocycles. The van der Waals surface area contributed by atoms with Gasteiger partial charge in [-0.1, -0.05) is 6.07 Å². The third-order valence-corrected chi connectivity index (χ3v) is 9.46. The zero-order valence-corrected chi connectivity index (χ0v) is 27.9. The molecule has 0 radical (unpaired) electrons. The van der Waals surface area contributed by atoms with Gasteiger partial charge in [0.2, 0.25) is 15.9 Å². The summed E-state index contributed by atoms with van der Waals surface area (Å²) in [5, 5.41) is 5.46. The number of anilines is 1. The van der Waals surface area contributed by atoms with Crippen molar-refractivity contribution in [1.82, 2.24) is 15.6 Å². The molecule has 0 spiro atoms. The highest BCUT2D eigenvalue weighted by Gasteiger charge is 2.32. The summed E-state index contributed by atoms with van der Waals surface area (Å²) in [6.07, 6.45) is 0.287. The fraction of sp³-hybridized carbons (Fsp3) is 0.171. The van der Waals surface area contributed by atoms with E-state index < -0.39 is 45.5 Å². The molecule has 1 fully saturated rings. The number of nitrogens with one attached hydrogen (secondary N) is 2. The van der Waals surface area contributed by atoms with Crippen molar-refractivity contribution < 1.29 is 49.5 Å². The predicted molar refractivity (Wildman–Crippen MR) is 180 cm³/mol. The number of oxazole rings is 1. The highest BCUT2D eigenvalue weighted by molar-refractivity contribution is 7.92. The van der Waals surface area contributed by atoms with Gasteiger partial charge in [0.05, 0.1) is 42.8 Å². The van der Waals surface area contributed by atoms with Gasteiger partial charge >= 0.3 is 6.09 Å². The van der Waals surface area contributed by atoms with Gasteiger partial charge in [0.15, 0.2) is 11.4 Å². The van der Waals surface area contributed by atoms with Crippen LogP contribution in [-0.2, 0) is 14.8 Å². The molecule has 2 N–H and O–H groups in total. The maximum atomic E-state index is 14.6. The van der Waals surface area contributed by atoms with Gasteiger partial charge in [-0.15, -0.1) is 0 Å². The van der Waals surface area contributed by atoms with E-state index in [-0.39, 0.29) is 75.0 Å². The number of carbonyl (C=O) groups is 2. The molecular formula is C35H27F3N4O8S. The molecule has 0 saturated carbocycles. The summed E-state index contributed by atoms with van der Waals surface area (Å²) in [6.45, 7) is -0.337. The van der Waals surface area contributed by atoms with Crippen molar-refractivity contribution in [3.8, 4) is 39.7 Å². The Balaban J connectivity index is 1.50. The van der Waals surface area contributed by atoms with Gasteiger partial charge < -0.3 is 28.9 Å². The lowest BCUT2D eigenvalue weighted by atomic mass is 9.96. The van der Waals surface area contributed by atoms with Crippen molar-refractivity contribution in [2.45, 2.75) is 6.04 Å². The molecule has 16 heteroatoms. The van der Waals surface area contributed by atoms with Crippen molar-refractivity contribution in [1.29, 1.82) is 0 Å². The van der Waals surface area contributed by atoms with E-state index in [1.165, 1.54) is 44.5 Å². The molecule has 1 unspecified atom stereocenters. The Hall–Kier alpha value is -6.03. The Kier molecular flexibility index (Phi) is 8.33. The van der Waals surface area contributed by atoms with Crippen LogP contribution in [-0.4, -0.2) is 65.0 Å². The summed E-state index contributed by atoms with van der Waals surface area (Å²) in [5.74, 6) is -2.61. The van der Waals surface area contributed by atoms with Crippen molar-refractivity contribution in [3.63, 3.8) is 0 Å². The average Bonchev–Trinajstić information content (AvgIpc) is 3.82. The smallest absolute Gasteiger partial charge is 0.407 e. The number of sulfonamides is 1. The number of aromatic nitrogens is 1. The van der Waals surface area contributed by atoms with Gasteiger partial charge in [-0.05, 0) is 48.0 Å². The summed E-state index contributed by atoms with van der Waals surface area (Å²) in [5.41, 5.74) is 1.18. The highest BCUT2D eigenvalue weighted by Crippen LogP contribution is 2.44. The first-order valence-corrected chi connectivity index (χ1v) is 17.1. The fourth-order valence-corrected chi connectivity index (χ4v) is 6.94. The van der Waals surface area contributed by atoms with E-state index in [0.29, 0.717) is 17.2 Å². The zero-order valence-electron chi connectivity index (χ0n) is 27.0. The lowest BCUT2D eigenvalue weighted by Gasteiger charge is -2.27. The molecule has 2 aromatic heterocycles. The molecule has 1 aliphatic rings. The molecule has 2 amide bonds. The van der Waals surface area contributed by atoms with Crippen molar-refractivity contribution >= 4 is 49.8 Å². The normalized spacial score (nSPS) is 14.5. The minimum Gasteiger partial charge on any atom is -0.496 e. The van der Waals surface area contributed by atoms with Crippen LogP contribution in [0.4, 0.5) is 23.7 Å². The van der Waals surface area contributed by atoms with E-state index in [0.717, 1.165) is 16.6 Å². The molecule has 4 aromatic carbocycles. The first-order chi connectivity index (χ1) is 24.3. The molecule has 262 valence electrons. The molecular weight excluding hydrogens is 693 g/mol. The number of hydrogen-bond donors (Lipinski definition) is 2. The van der Waals surface area contributed by atoms with E-state index in [2.05, 4.69) is 15.6 Å². The Bertz CT molecular complexity index is 2480. The first-order valence-electron chi connectivity index (χ1n) is 15.3. The van der Waals surface area contributed by atoms with Crippen LogP contribution in [0.3, 0.4) is 0 Å². The number of nitrogens with zero attached hydrogens (tertiary/aromatic N) is 2. The zero-order chi connectivity index (χ0) is 36.2. The summed E-state index contributed by atoms with van der Waals surface area (Å²) in [7, 11) is -1.25. The fourth-order valence-electron chi connectivity index (χ4n) is 5.98. The Morgan fingerprint density at radius 3 is 2.39 bits per heavy atom. The number of benzene rings is 4. The molecule has 1 aliphatic heterocycles.